The molecule has 2 aromatic rings. The molecule has 1 aliphatic rings. The van der Waals surface area contributed by atoms with E-state index in [1.807, 2.05) is 18.2 Å². The predicted octanol–water partition coefficient (Wildman–Crippen LogP) is 2.43. The minimum Gasteiger partial charge on any atom is -0.438 e. The third-order valence-electron chi connectivity index (χ3n) is 6.10. The maximum absolute atomic E-state index is 12.9. The Hall–Kier alpha value is -2.67. The van der Waals surface area contributed by atoms with Crippen molar-refractivity contribution in [3.05, 3.63) is 53.7 Å². The number of rotatable bonds is 5. The van der Waals surface area contributed by atoms with Crippen LogP contribution in [0.15, 0.2) is 41.1 Å². The molecule has 1 heterocycles. The maximum atomic E-state index is 12.9. The quantitative estimate of drug-likeness (QED) is 0.753. The van der Waals surface area contributed by atoms with Crippen molar-refractivity contribution in [2.24, 2.45) is 0 Å². The van der Waals surface area contributed by atoms with E-state index in [-0.39, 0.29) is 29.0 Å². The van der Waals surface area contributed by atoms with Crippen molar-refractivity contribution in [3.63, 3.8) is 0 Å². The first kappa shape index (κ1) is 21.0. The molecule has 3 rings (SSSR count). The molecule has 0 spiro atoms. The Morgan fingerprint density at radius 1 is 1.28 bits per heavy atom. The molecule has 0 saturated heterocycles. The molecule has 29 heavy (non-hydrogen) atoms. The number of amides is 2. The normalized spacial score (nSPS) is 24.6. The van der Waals surface area contributed by atoms with Crippen LogP contribution in [0.4, 0.5) is 0 Å². The lowest BCUT2D eigenvalue weighted by atomic mass is 9.74. The summed E-state index contributed by atoms with van der Waals surface area (Å²) in [5.41, 5.74) is 1.39. The molecule has 156 valence electrons. The van der Waals surface area contributed by atoms with Gasteiger partial charge in [0.05, 0.1) is 17.8 Å². The molecule has 0 unspecified atom stereocenters. The van der Waals surface area contributed by atoms with Gasteiger partial charge in [-0.1, -0.05) is 30.3 Å². The number of aromatic nitrogens is 1. The minimum absolute atomic E-state index is 0.0743. The van der Waals surface area contributed by atoms with Crippen LogP contribution in [-0.4, -0.2) is 52.5 Å². The summed E-state index contributed by atoms with van der Waals surface area (Å²) in [6, 6.07) is 9.76. The molecule has 0 bridgehead atoms. The fraction of sp³-hybridized carbons (Fsp3) is 0.500. The average Bonchev–Trinajstić information content (AvgIpc) is 3.07. The smallest absolute Gasteiger partial charge is 0.291 e. The Bertz CT molecular complexity index is 851. The van der Waals surface area contributed by atoms with Crippen molar-refractivity contribution in [3.8, 4) is 0 Å². The van der Waals surface area contributed by atoms with Gasteiger partial charge in [0.1, 0.15) is 0 Å². The second-order valence-electron chi connectivity index (χ2n) is 7.95. The third-order valence-corrected chi connectivity index (χ3v) is 6.10. The number of carbonyl (C=O) groups excluding carboxylic acids is 2. The van der Waals surface area contributed by atoms with Crippen molar-refractivity contribution in [2.75, 3.05) is 13.6 Å². The van der Waals surface area contributed by atoms with Gasteiger partial charge in [-0.2, -0.15) is 0 Å². The summed E-state index contributed by atoms with van der Waals surface area (Å²) in [7, 11) is 1.70. The predicted molar refractivity (Wildman–Crippen MR) is 108 cm³/mol. The molecule has 1 aromatic heterocycles. The van der Waals surface area contributed by atoms with E-state index in [9.17, 15) is 14.7 Å². The molecule has 0 aliphatic heterocycles. The lowest BCUT2D eigenvalue weighted by molar-refractivity contribution is -0.119. The monoisotopic (exact) mass is 399 g/mol. The van der Waals surface area contributed by atoms with E-state index in [2.05, 4.69) is 22.4 Å². The highest BCUT2D eigenvalue weighted by atomic mass is 16.4. The molecule has 1 saturated carbocycles. The van der Waals surface area contributed by atoms with Crippen LogP contribution in [0, 0.1) is 6.92 Å². The Balaban J connectivity index is 1.84. The van der Waals surface area contributed by atoms with Crippen molar-refractivity contribution in [2.45, 2.75) is 57.1 Å². The second kappa shape index (κ2) is 8.78. The largest absolute Gasteiger partial charge is 0.438 e. The van der Waals surface area contributed by atoms with Crippen molar-refractivity contribution in [1.82, 2.24) is 15.2 Å². The van der Waals surface area contributed by atoms with E-state index < -0.39 is 6.10 Å². The zero-order valence-electron chi connectivity index (χ0n) is 17.2. The number of hydrogen-bond acceptors (Lipinski definition) is 5. The van der Waals surface area contributed by atoms with E-state index in [0.717, 1.165) is 18.4 Å². The van der Waals surface area contributed by atoms with Gasteiger partial charge in [0.15, 0.2) is 6.39 Å². The zero-order chi connectivity index (χ0) is 21.0. The molecular formula is C22H29N3O4. The fourth-order valence-electron chi connectivity index (χ4n) is 4.28. The van der Waals surface area contributed by atoms with Crippen molar-refractivity contribution in [1.29, 1.82) is 0 Å². The van der Waals surface area contributed by atoms with Gasteiger partial charge in [-0.3, -0.25) is 9.59 Å². The molecule has 2 N–H and O–H groups in total. The van der Waals surface area contributed by atoms with Crippen LogP contribution in [-0.2, 0) is 10.2 Å². The number of aliphatic hydroxyl groups excluding tert-OH is 1. The summed E-state index contributed by atoms with van der Waals surface area (Å²) in [6.45, 7) is 3.74. The number of carbonyl (C=O) groups is 2. The number of aryl methyl sites for hydroxylation is 1. The average molecular weight is 399 g/mol. The van der Waals surface area contributed by atoms with Gasteiger partial charge >= 0.3 is 0 Å². The van der Waals surface area contributed by atoms with Gasteiger partial charge in [-0.05, 0) is 38.2 Å². The summed E-state index contributed by atoms with van der Waals surface area (Å²) in [5, 5.41) is 13.8. The molecule has 3 atom stereocenters. The number of benzene rings is 1. The summed E-state index contributed by atoms with van der Waals surface area (Å²) < 4.78 is 5.25. The van der Waals surface area contributed by atoms with Crippen LogP contribution in [0.25, 0.3) is 0 Å². The van der Waals surface area contributed by atoms with E-state index in [1.54, 1.807) is 18.9 Å². The number of hydrogen-bond donors (Lipinski definition) is 2. The number of likely N-dealkylation sites (N-methyl/N-ethyl adjacent to an activating group) is 1. The van der Waals surface area contributed by atoms with Gasteiger partial charge in [-0.25, -0.2) is 4.98 Å². The third kappa shape index (κ3) is 4.50. The van der Waals surface area contributed by atoms with Crippen LogP contribution in [0.5, 0.6) is 0 Å². The molecule has 1 fully saturated rings. The van der Waals surface area contributed by atoms with Crippen molar-refractivity contribution < 1.29 is 19.1 Å². The number of nitrogens with zero attached hydrogens (tertiary/aromatic N) is 2. The van der Waals surface area contributed by atoms with Crippen LogP contribution < -0.4 is 5.32 Å². The number of nitrogens with one attached hydrogen (secondary N) is 1. The lowest BCUT2D eigenvalue weighted by Gasteiger charge is -2.34. The maximum Gasteiger partial charge on any atom is 0.291 e. The van der Waals surface area contributed by atoms with Crippen LogP contribution in [0.3, 0.4) is 0 Å². The van der Waals surface area contributed by atoms with Gasteiger partial charge in [0.2, 0.25) is 11.7 Å². The van der Waals surface area contributed by atoms with Gasteiger partial charge in [-0.15, -0.1) is 0 Å². The van der Waals surface area contributed by atoms with Crippen molar-refractivity contribution >= 4 is 11.8 Å². The lowest BCUT2D eigenvalue weighted by Crippen LogP contribution is -2.44. The topological polar surface area (TPSA) is 95.7 Å². The first-order chi connectivity index (χ1) is 13.8. The minimum atomic E-state index is -0.657. The Morgan fingerprint density at radius 2 is 1.97 bits per heavy atom. The summed E-state index contributed by atoms with van der Waals surface area (Å²) in [4.78, 5) is 30.0. The molecule has 0 radical (unpaired) electrons. The van der Waals surface area contributed by atoms with E-state index >= 15 is 0 Å². The number of aliphatic hydroxyl groups is 1. The highest BCUT2D eigenvalue weighted by Gasteiger charge is 2.40. The van der Waals surface area contributed by atoms with E-state index in [4.69, 9.17) is 4.42 Å². The Labute approximate surface area is 171 Å². The SMILES string of the molecule is CC(=O)NC[C@]1(c2ccccc2)CC[C@@H](O)[C@H](N(C)C(=O)c2ocnc2C)CC1. The van der Waals surface area contributed by atoms with Crippen LogP contribution in [0.1, 0.15) is 54.4 Å². The molecule has 7 heteroatoms. The highest BCUT2D eigenvalue weighted by Crippen LogP contribution is 2.39. The van der Waals surface area contributed by atoms with Crippen LogP contribution in [0.2, 0.25) is 0 Å². The summed E-state index contributed by atoms with van der Waals surface area (Å²) in [5.74, 6) is -0.149. The molecule has 7 nitrogen and oxygen atoms in total. The highest BCUT2D eigenvalue weighted by molar-refractivity contribution is 5.92. The van der Waals surface area contributed by atoms with Gasteiger partial charge < -0.3 is 19.7 Å². The zero-order valence-corrected chi connectivity index (χ0v) is 17.2. The Morgan fingerprint density at radius 3 is 2.59 bits per heavy atom. The number of oxazole rings is 1. The van der Waals surface area contributed by atoms with Gasteiger partial charge in [0, 0.05) is 25.9 Å². The first-order valence-electron chi connectivity index (χ1n) is 9.99. The first-order valence-corrected chi connectivity index (χ1v) is 9.99. The molecule has 1 aliphatic carbocycles. The van der Waals surface area contributed by atoms with E-state index in [0.29, 0.717) is 25.1 Å². The fourth-order valence-corrected chi connectivity index (χ4v) is 4.28. The molecule has 2 amide bonds. The van der Waals surface area contributed by atoms with Crippen LogP contribution >= 0.6 is 0 Å². The summed E-state index contributed by atoms with van der Waals surface area (Å²) >= 11 is 0. The molecule has 1 aromatic carbocycles. The van der Waals surface area contributed by atoms with E-state index in [1.165, 1.54) is 13.3 Å². The molecular weight excluding hydrogens is 370 g/mol. The second-order valence-corrected chi connectivity index (χ2v) is 7.95. The summed E-state index contributed by atoms with van der Waals surface area (Å²) in [6.07, 6.45) is 3.21. The Kier molecular flexibility index (Phi) is 6.37. The van der Waals surface area contributed by atoms with Gasteiger partial charge in [0.25, 0.3) is 5.91 Å². The standard InChI is InChI=1S/C22H29N3O4/c1-15-20(29-14-24-15)21(28)25(3)18-9-11-22(12-10-19(18)27,13-23-16(2)26)17-7-5-4-6-8-17/h4-8,14,18-19,27H,9-13H2,1-3H3,(H,23,26)/t18-,19-,22-/m1/s1.